The number of rotatable bonds is 5. The molecular weight excluding hydrogens is 281 g/mol. The smallest absolute Gasteiger partial charge is 0.329 e. The number of hydrogen-bond acceptors (Lipinski definition) is 4. The van der Waals surface area contributed by atoms with Gasteiger partial charge in [-0.1, -0.05) is 0 Å². The van der Waals surface area contributed by atoms with Crippen molar-refractivity contribution in [3.8, 4) is 0 Å². The molecule has 0 amide bonds. The fourth-order valence-corrected chi connectivity index (χ4v) is 1.63. The van der Waals surface area contributed by atoms with Gasteiger partial charge in [-0.3, -0.25) is 0 Å². The summed E-state index contributed by atoms with van der Waals surface area (Å²) < 4.78 is 37.7. The first-order chi connectivity index (χ1) is 9.48. The molecule has 0 bridgehead atoms. The van der Waals surface area contributed by atoms with Crippen LogP contribution in [-0.2, 0) is 6.54 Å². The molecule has 21 heavy (non-hydrogen) atoms. The summed E-state index contributed by atoms with van der Waals surface area (Å²) in [4.78, 5) is 9.26. The van der Waals surface area contributed by atoms with Crippen molar-refractivity contribution in [3.05, 3.63) is 18.0 Å². The van der Waals surface area contributed by atoms with E-state index in [1.807, 2.05) is 20.8 Å². The van der Waals surface area contributed by atoms with Crippen LogP contribution in [0, 0.1) is 0 Å². The normalized spacial score (nSPS) is 12.8. The van der Waals surface area contributed by atoms with E-state index >= 15 is 0 Å². The predicted molar refractivity (Wildman–Crippen MR) is 77.2 cm³/mol. The second-order valence-corrected chi connectivity index (χ2v) is 6.33. The third-order valence-corrected chi connectivity index (χ3v) is 2.74. The largest absolute Gasteiger partial charge is 0.406 e. The first-order valence-corrected chi connectivity index (χ1v) is 6.87. The highest BCUT2D eigenvalue weighted by Gasteiger charge is 2.33. The second-order valence-electron chi connectivity index (χ2n) is 6.33. The fraction of sp³-hybridized carbons (Fsp3) is 0.714. The molecule has 0 aliphatic heterocycles. The standard InChI is InChI=1S/C14H23F3N4/c1-10(2)21(9-14(15,16)17)12-18-6-11(7-19-12)8-20-13(3,4)5/h6-7,10,20H,8-9H2,1-5H3. The maximum absolute atomic E-state index is 12.6. The number of hydrogen-bond donors (Lipinski definition) is 1. The number of halogens is 3. The molecule has 0 saturated carbocycles. The number of anilines is 1. The highest BCUT2D eigenvalue weighted by Crippen LogP contribution is 2.21. The molecule has 1 N–H and O–H groups in total. The Morgan fingerprint density at radius 2 is 1.67 bits per heavy atom. The van der Waals surface area contributed by atoms with Crippen LogP contribution in [0.2, 0.25) is 0 Å². The van der Waals surface area contributed by atoms with E-state index in [0.717, 1.165) is 10.5 Å². The Bertz CT molecular complexity index is 435. The highest BCUT2D eigenvalue weighted by molar-refractivity contribution is 5.31. The van der Waals surface area contributed by atoms with Gasteiger partial charge in [0.25, 0.3) is 0 Å². The average molecular weight is 304 g/mol. The van der Waals surface area contributed by atoms with Crippen molar-refractivity contribution in [2.45, 2.75) is 58.9 Å². The van der Waals surface area contributed by atoms with Gasteiger partial charge in [-0.2, -0.15) is 13.2 Å². The maximum Gasteiger partial charge on any atom is 0.406 e. The second kappa shape index (κ2) is 6.60. The van der Waals surface area contributed by atoms with Crippen LogP contribution in [-0.4, -0.2) is 34.3 Å². The van der Waals surface area contributed by atoms with Gasteiger partial charge in [-0.15, -0.1) is 0 Å². The SMILES string of the molecule is CC(C)N(CC(F)(F)F)c1ncc(CNC(C)(C)C)cn1. The number of nitrogens with zero attached hydrogens (tertiary/aromatic N) is 3. The zero-order chi connectivity index (χ0) is 16.3. The van der Waals surface area contributed by atoms with E-state index in [4.69, 9.17) is 0 Å². The van der Waals surface area contributed by atoms with E-state index in [1.54, 1.807) is 26.2 Å². The Hall–Kier alpha value is -1.37. The molecule has 0 unspecified atom stereocenters. The van der Waals surface area contributed by atoms with Gasteiger partial charge in [0, 0.05) is 36.1 Å². The van der Waals surface area contributed by atoms with E-state index in [-0.39, 0.29) is 17.5 Å². The van der Waals surface area contributed by atoms with Gasteiger partial charge in [0.2, 0.25) is 5.95 Å². The molecule has 1 aromatic heterocycles. The molecule has 1 heterocycles. The summed E-state index contributed by atoms with van der Waals surface area (Å²) in [6.07, 6.45) is -1.15. The third-order valence-electron chi connectivity index (χ3n) is 2.74. The molecule has 1 aromatic rings. The molecule has 0 radical (unpaired) electrons. The molecule has 0 aliphatic carbocycles. The van der Waals surface area contributed by atoms with Gasteiger partial charge in [0.1, 0.15) is 6.54 Å². The van der Waals surface area contributed by atoms with Crippen LogP contribution in [0.25, 0.3) is 0 Å². The van der Waals surface area contributed by atoms with E-state index in [0.29, 0.717) is 6.54 Å². The average Bonchev–Trinajstić information content (AvgIpc) is 2.32. The molecule has 0 spiro atoms. The van der Waals surface area contributed by atoms with Crippen molar-refractivity contribution >= 4 is 5.95 Å². The monoisotopic (exact) mass is 304 g/mol. The minimum absolute atomic E-state index is 0.0427. The van der Waals surface area contributed by atoms with Crippen LogP contribution < -0.4 is 10.2 Å². The van der Waals surface area contributed by atoms with Crippen molar-refractivity contribution in [1.82, 2.24) is 15.3 Å². The molecular formula is C14H23F3N4. The molecule has 120 valence electrons. The van der Waals surface area contributed by atoms with Crippen LogP contribution in [0.5, 0.6) is 0 Å². The number of nitrogens with one attached hydrogen (secondary N) is 1. The van der Waals surface area contributed by atoms with Gasteiger partial charge < -0.3 is 10.2 Å². The van der Waals surface area contributed by atoms with Crippen LogP contribution in [0.3, 0.4) is 0 Å². The summed E-state index contributed by atoms with van der Waals surface area (Å²) in [6, 6.07) is -0.329. The van der Waals surface area contributed by atoms with Crippen molar-refractivity contribution in [2.24, 2.45) is 0 Å². The lowest BCUT2D eigenvalue weighted by atomic mass is 10.1. The molecule has 7 heteroatoms. The molecule has 4 nitrogen and oxygen atoms in total. The van der Waals surface area contributed by atoms with E-state index in [1.165, 1.54) is 0 Å². The fourth-order valence-electron chi connectivity index (χ4n) is 1.63. The predicted octanol–water partition coefficient (Wildman–Crippen LogP) is 3.14. The maximum atomic E-state index is 12.6. The molecule has 0 aromatic carbocycles. The van der Waals surface area contributed by atoms with Gasteiger partial charge in [0.15, 0.2) is 0 Å². The van der Waals surface area contributed by atoms with Crippen molar-refractivity contribution < 1.29 is 13.2 Å². The van der Waals surface area contributed by atoms with Crippen LogP contribution in [0.1, 0.15) is 40.2 Å². The summed E-state index contributed by atoms with van der Waals surface area (Å²) >= 11 is 0. The number of alkyl halides is 3. The van der Waals surface area contributed by atoms with Gasteiger partial charge in [-0.25, -0.2) is 9.97 Å². The molecule has 1 rings (SSSR count). The summed E-state index contributed by atoms with van der Waals surface area (Å²) in [5, 5.41) is 3.27. The Morgan fingerprint density at radius 1 is 1.14 bits per heavy atom. The zero-order valence-electron chi connectivity index (χ0n) is 13.1. The molecule has 0 atom stereocenters. The molecule has 0 aliphatic rings. The Balaban J connectivity index is 2.79. The number of aromatic nitrogens is 2. The van der Waals surface area contributed by atoms with Crippen molar-refractivity contribution in [2.75, 3.05) is 11.4 Å². The minimum Gasteiger partial charge on any atom is -0.329 e. The van der Waals surface area contributed by atoms with Crippen LogP contribution in [0.4, 0.5) is 19.1 Å². The summed E-state index contributed by atoms with van der Waals surface area (Å²) in [5.74, 6) is 0.0989. The third kappa shape index (κ3) is 6.75. The van der Waals surface area contributed by atoms with E-state index in [2.05, 4.69) is 15.3 Å². The lowest BCUT2D eigenvalue weighted by Gasteiger charge is -2.27. The van der Waals surface area contributed by atoms with E-state index < -0.39 is 12.7 Å². The van der Waals surface area contributed by atoms with Gasteiger partial charge in [-0.05, 0) is 34.6 Å². The summed E-state index contributed by atoms with van der Waals surface area (Å²) in [7, 11) is 0. The topological polar surface area (TPSA) is 41.1 Å². The van der Waals surface area contributed by atoms with Crippen LogP contribution in [0.15, 0.2) is 12.4 Å². The first-order valence-electron chi connectivity index (χ1n) is 6.87. The lowest BCUT2D eigenvalue weighted by Crippen LogP contribution is -2.40. The Morgan fingerprint density at radius 3 is 2.05 bits per heavy atom. The van der Waals surface area contributed by atoms with Crippen molar-refractivity contribution in [3.63, 3.8) is 0 Å². The molecule has 0 saturated heterocycles. The first kappa shape index (κ1) is 17.7. The zero-order valence-corrected chi connectivity index (χ0v) is 13.1. The van der Waals surface area contributed by atoms with Crippen molar-refractivity contribution in [1.29, 1.82) is 0 Å². The Labute approximate surface area is 123 Å². The summed E-state index contributed by atoms with van der Waals surface area (Å²) in [5.41, 5.74) is 0.795. The Kier molecular flexibility index (Phi) is 5.55. The van der Waals surface area contributed by atoms with Gasteiger partial charge in [0.05, 0.1) is 0 Å². The van der Waals surface area contributed by atoms with Crippen LogP contribution >= 0.6 is 0 Å². The lowest BCUT2D eigenvalue weighted by molar-refractivity contribution is -0.120. The minimum atomic E-state index is -4.28. The van der Waals surface area contributed by atoms with E-state index in [9.17, 15) is 13.2 Å². The quantitative estimate of drug-likeness (QED) is 0.907. The summed E-state index contributed by atoms with van der Waals surface area (Å²) in [6.45, 7) is 8.99. The molecule has 0 fully saturated rings. The highest BCUT2D eigenvalue weighted by atomic mass is 19.4. The van der Waals surface area contributed by atoms with Gasteiger partial charge >= 0.3 is 6.18 Å².